The number of alkyl carbamates (subject to hydrolysis) is 1. The van der Waals surface area contributed by atoms with E-state index in [2.05, 4.69) is 16.0 Å². The minimum atomic E-state index is -1.88. The molecular weight excluding hydrogens is 445 g/mol. The van der Waals surface area contributed by atoms with Crippen LogP contribution in [0.15, 0.2) is 54.6 Å². The van der Waals surface area contributed by atoms with Gasteiger partial charge in [-0.15, -0.1) is 0 Å². The normalized spacial score (nSPS) is 11.9. The van der Waals surface area contributed by atoms with Crippen molar-refractivity contribution in [2.75, 3.05) is 12.4 Å². The Bertz CT molecular complexity index is 786. The molecule has 10 heteroatoms. The van der Waals surface area contributed by atoms with E-state index in [9.17, 15) is 4.79 Å². The van der Waals surface area contributed by atoms with Crippen molar-refractivity contribution in [1.29, 1.82) is 0 Å². The predicted octanol–water partition coefficient (Wildman–Crippen LogP) is 4.60. The van der Waals surface area contributed by atoms with Gasteiger partial charge in [0, 0.05) is 5.69 Å². The van der Waals surface area contributed by atoms with Gasteiger partial charge in [0.1, 0.15) is 12.4 Å². The van der Waals surface area contributed by atoms with Crippen LogP contribution in [0.4, 0.5) is 10.5 Å². The Hall–Kier alpha value is -1.93. The van der Waals surface area contributed by atoms with E-state index in [0.29, 0.717) is 11.4 Å². The number of rotatable bonds is 6. The number of nitrogens with one attached hydrogen (secondary N) is 3. The van der Waals surface area contributed by atoms with E-state index >= 15 is 0 Å². The maximum absolute atomic E-state index is 12.1. The molecule has 28 heavy (non-hydrogen) atoms. The molecule has 0 saturated heterocycles. The van der Waals surface area contributed by atoms with Crippen LogP contribution in [0.25, 0.3) is 0 Å². The molecule has 2 aromatic rings. The van der Waals surface area contributed by atoms with E-state index in [0.717, 1.165) is 5.56 Å². The molecule has 0 aliphatic rings. The maximum Gasteiger partial charge on any atom is 0.409 e. The summed E-state index contributed by atoms with van der Waals surface area (Å²) in [6.45, 7) is 0.0772. The quantitative estimate of drug-likeness (QED) is 0.331. The number of ether oxygens (including phenoxy) is 2. The lowest BCUT2D eigenvalue weighted by molar-refractivity contribution is 0.135. The van der Waals surface area contributed by atoms with Crippen molar-refractivity contribution in [1.82, 2.24) is 10.6 Å². The second kappa shape index (κ2) is 10.6. The van der Waals surface area contributed by atoms with Crippen LogP contribution in [0.3, 0.4) is 0 Å². The number of hydrogen-bond donors (Lipinski definition) is 3. The monoisotopic (exact) mass is 461 g/mol. The fourth-order valence-corrected chi connectivity index (χ4v) is 2.62. The Balaban J connectivity index is 1.91. The van der Waals surface area contributed by atoms with Crippen molar-refractivity contribution in [3.05, 3.63) is 60.2 Å². The Morgan fingerprint density at radius 2 is 1.71 bits per heavy atom. The van der Waals surface area contributed by atoms with Crippen LogP contribution >= 0.6 is 47.0 Å². The zero-order valence-corrected chi connectivity index (χ0v) is 17.8. The van der Waals surface area contributed by atoms with Gasteiger partial charge in [-0.2, -0.15) is 0 Å². The van der Waals surface area contributed by atoms with E-state index in [1.807, 2.05) is 30.3 Å². The third-order valence-electron chi connectivity index (χ3n) is 3.43. The highest BCUT2D eigenvalue weighted by Gasteiger charge is 2.35. The second-order valence-electron chi connectivity index (χ2n) is 5.51. The van der Waals surface area contributed by atoms with Gasteiger partial charge in [-0.3, -0.25) is 5.32 Å². The first kappa shape index (κ1) is 22.4. The first-order valence-electron chi connectivity index (χ1n) is 8.03. The number of thiocarbonyl (C=S) groups is 1. The molecule has 150 valence electrons. The van der Waals surface area contributed by atoms with E-state index < -0.39 is 16.1 Å². The number of benzene rings is 2. The van der Waals surface area contributed by atoms with Crippen LogP contribution in [0.2, 0.25) is 0 Å². The first-order valence-corrected chi connectivity index (χ1v) is 9.57. The van der Waals surface area contributed by atoms with Crippen molar-refractivity contribution in [2.45, 2.75) is 16.6 Å². The molecule has 0 radical (unpaired) electrons. The Morgan fingerprint density at radius 3 is 2.29 bits per heavy atom. The smallest absolute Gasteiger partial charge is 0.409 e. The fourth-order valence-electron chi connectivity index (χ4n) is 2.06. The van der Waals surface area contributed by atoms with Crippen LogP contribution in [0.5, 0.6) is 5.75 Å². The van der Waals surface area contributed by atoms with Gasteiger partial charge in [-0.1, -0.05) is 65.1 Å². The average molecular weight is 463 g/mol. The summed E-state index contributed by atoms with van der Waals surface area (Å²) in [7, 11) is 1.57. The van der Waals surface area contributed by atoms with Crippen molar-refractivity contribution < 1.29 is 14.3 Å². The molecule has 1 amide bonds. The van der Waals surface area contributed by atoms with Gasteiger partial charge in [0.25, 0.3) is 0 Å². The molecule has 0 saturated carbocycles. The van der Waals surface area contributed by atoms with Crippen molar-refractivity contribution in [3.63, 3.8) is 0 Å². The number of hydrogen-bond acceptors (Lipinski definition) is 4. The molecule has 0 spiro atoms. The van der Waals surface area contributed by atoms with E-state index in [-0.39, 0.29) is 11.7 Å². The number of alkyl halides is 3. The van der Waals surface area contributed by atoms with E-state index in [4.69, 9.17) is 56.5 Å². The van der Waals surface area contributed by atoms with Crippen LogP contribution in [-0.2, 0) is 11.3 Å². The fraction of sp³-hybridized carbons (Fsp3) is 0.222. The second-order valence-corrected chi connectivity index (χ2v) is 8.28. The molecule has 0 heterocycles. The predicted molar refractivity (Wildman–Crippen MR) is 116 cm³/mol. The third-order valence-corrected chi connectivity index (χ3v) is 4.30. The first-order chi connectivity index (χ1) is 13.3. The van der Waals surface area contributed by atoms with Crippen molar-refractivity contribution >= 4 is 63.9 Å². The molecule has 0 aromatic heterocycles. The summed E-state index contributed by atoms with van der Waals surface area (Å²) in [5.74, 6) is 0.700. The molecule has 2 aromatic carbocycles. The SMILES string of the molecule is COc1ccc(NC(=S)N[C@H](NC(=O)OCc2ccccc2)C(Cl)(Cl)Cl)cc1. The number of amides is 1. The number of methoxy groups -OCH3 is 1. The number of carbonyl (C=O) groups excluding carboxylic acids is 1. The summed E-state index contributed by atoms with van der Waals surface area (Å²) in [6.07, 6.45) is -1.89. The van der Waals surface area contributed by atoms with Crippen molar-refractivity contribution in [2.24, 2.45) is 0 Å². The highest BCUT2D eigenvalue weighted by molar-refractivity contribution is 7.80. The zero-order valence-electron chi connectivity index (χ0n) is 14.7. The highest BCUT2D eigenvalue weighted by atomic mass is 35.6. The average Bonchev–Trinajstić information content (AvgIpc) is 2.66. The molecule has 0 fully saturated rings. The lowest BCUT2D eigenvalue weighted by Gasteiger charge is -2.27. The van der Waals surface area contributed by atoms with Gasteiger partial charge in [-0.05, 0) is 42.0 Å². The largest absolute Gasteiger partial charge is 0.497 e. The molecule has 0 bridgehead atoms. The molecule has 2 rings (SSSR count). The lowest BCUT2D eigenvalue weighted by atomic mass is 10.2. The van der Waals surface area contributed by atoms with Crippen LogP contribution in [-0.4, -0.2) is 28.3 Å². The number of halogens is 3. The standard InChI is InChI=1S/C18H18Cl3N3O3S/c1-26-14-9-7-13(8-10-14)22-16(28)23-15(18(19,20)21)24-17(25)27-11-12-5-3-2-4-6-12/h2-10,15H,11H2,1H3,(H,24,25)(H2,22,23,28)/t15-/m1/s1. The van der Waals surface area contributed by atoms with E-state index in [1.165, 1.54) is 0 Å². The number of carbonyl (C=O) groups is 1. The highest BCUT2D eigenvalue weighted by Crippen LogP contribution is 2.29. The van der Waals surface area contributed by atoms with Gasteiger partial charge in [0.05, 0.1) is 7.11 Å². The number of anilines is 1. The van der Waals surface area contributed by atoms with Gasteiger partial charge in [-0.25, -0.2) is 4.79 Å². The Labute approximate surface area is 183 Å². The minimum Gasteiger partial charge on any atom is -0.497 e. The van der Waals surface area contributed by atoms with Crippen LogP contribution in [0, 0.1) is 0 Å². The van der Waals surface area contributed by atoms with E-state index in [1.54, 1.807) is 31.4 Å². The maximum atomic E-state index is 12.1. The Morgan fingerprint density at radius 1 is 1.07 bits per heavy atom. The molecular formula is C18H18Cl3N3O3S. The lowest BCUT2D eigenvalue weighted by Crippen LogP contribution is -2.56. The summed E-state index contributed by atoms with van der Waals surface area (Å²) in [5.41, 5.74) is 1.51. The molecule has 1 atom stereocenters. The van der Waals surface area contributed by atoms with Gasteiger partial charge in [0.2, 0.25) is 3.79 Å². The molecule has 0 aliphatic heterocycles. The molecule has 3 N–H and O–H groups in total. The topological polar surface area (TPSA) is 71.6 Å². The zero-order chi connectivity index (χ0) is 20.6. The van der Waals surface area contributed by atoms with Gasteiger partial charge >= 0.3 is 6.09 Å². The molecule has 0 aliphatic carbocycles. The Kier molecular flexibility index (Phi) is 8.44. The summed E-state index contributed by atoms with van der Waals surface area (Å²) < 4.78 is 8.35. The summed E-state index contributed by atoms with van der Waals surface area (Å²) in [4.78, 5) is 12.1. The summed E-state index contributed by atoms with van der Waals surface area (Å²) >= 11 is 23.0. The summed E-state index contributed by atoms with van der Waals surface area (Å²) in [5, 5.41) is 8.26. The van der Waals surface area contributed by atoms with Crippen LogP contribution < -0.4 is 20.7 Å². The summed E-state index contributed by atoms with van der Waals surface area (Å²) in [6, 6.07) is 16.2. The minimum absolute atomic E-state index is 0.0772. The molecule has 0 unspecified atom stereocenters. The van der Waals surface area contributed by atoms with Gasteiger partial charge in [0.15, 0.2) is 11.3 Å². The van der Waals surface area contributed by atoms with Crippen molar-refractivity contribution in [3.8, 4) is 5.75 Å². The molecule has 6 nitrogen and oxygen atoms in total. The van der Waals surface area contributed by atoms with Gasteiger partial charge < -0.3 is 20.1 Å². The van der Waals surface area contributed by atoms with Crippen LogP contribution in [0.1, 0.15) is 5.56 Å². The third kappa shape index (κ3) is 7.59.